The minimum atomic E-state index is -4.80. The van der Waals surface area contributed by atoms with Gasteiger partial charge in [0.25, 0.3) is 0 Å². The van der Waals surface area contributed by atoms with Crippen molar-refractivity contribution in [3.63, 3.8) is 0 Å². The van der Waals surface area contributed by atoms with Gasteiger partial charge in [0, 0.05) is 6.20 Å². The second-order valence-electron chi connectivity index (χ2n) is 4.57. The van der Waals surface area contributed by atoms with E-state index >= 15 is 0 Å². The highest BCUT2D eigenvalue weighted by Crippen LogP contribution is 2.36. The third kappa shape index (κ3) is 2.88. The van der Waals surface area contributed by atoms with E-state index in [9.17, 15) is 22.4 Å². The summed E-state index contributed by atoms with van der Waals surface area (Å²) >= 11 is 5.52. The molecule has 2 N–H and O–H groups in total. The molecule has 0 fully saturated rings. The number of nitrogen functional groups attached to an aromatic ring is 1. The first kappa shape index (κ1) is 17.6. The van der Waals surface area contributed by atoms with Gasteiger partial charge in [-0.05, 0) is 12.1 Å². The molecule has 0 radical (unpaired) electrons. The van der Waals surface area contributed by atoms with Gasteiger partial charge in [-0.2, -0.15) is 18.4 Å². The van der Waals surface area contributed by atoms with Gasteiger partial charge < -0.3 is 15.0 Å². The van der Waals surface area contributed by atoms with Crippen LogP contribution in [0.25, 0.3) is 5.69 Å². The van der Waals surface area contributed by atoms with E-state index in [0.717, 1.165) is 13.3 Å². The Morgan fingerprint density at radius 2 is 2.04 bits per heavy atom. The van der Waals surface area contributed by atoms with Crippen molar-refractivity contribution in [2.75, 3.05) is 12.8 Å². The van der Waals surface area contributed by atoms with E-state index < -0.39 is 39.9 Å². The summed E-state index contributed by atoms with van der Waals surface area (Å²) in [7, 11) is 1.00. The lowest BCUT2D eigenvalue weighted by Gasteiger charge is -2.14. The Hall–Kier alpha value is -2.73. The number of carbonyl (C=O) groups excluding carboxylic acids is 1. The minimum absolute atomic E-state index is 0.233. The number of alkyl halides is 3. The first-order valence-electron chi connectivity index (χ1n) is 6.17. The molecule has 0 saturated heterocycles. The summed E-state index contributed by atoms with van der Waals surface area (Å²) in [6.45, 7) is 0. The molecule has 126 valence electrons. The number of aromatic nitrogens is 1. The molecule has 2 rings (SSSR count). The van der Waals surface area contributed by atoms with Crippen molar-refractivity contribution < 1.29 is 27.1 Å². The Morgan fingerprint density at radius 3 is 2.54 bits per heavy atom. The quantitative estimate of drug-likeness (QED) is 0.655. The second-order valence-corrected chi connectivity index (χ2v) is 4.97. The van der Waals surface area contributed by atoms with Gasteiger partial charge in [-0.15, -0.1) is 0 Å². The van der Waals surface area contributed by atoms with Crippen molar-refractivity contribution in [2.45, 2.75) is 6.18 Å². The molecule has 0 aliphatic rings. The molecule has 24 heavy (non-hydrogen) atoms. The zero-order valence-corrected chi connectivity index (χ0v) is 12.7. The number of carbonyl (C=O) groups is 1. The van der Waals surface area contributed by atoms with E-state index in [1.807, 2.05) is 0 Å². The van der Waals surface area contributed by atoms with Crippen molar-refractivity contribution in [1.29, 1.82) is 5.26 Å². The minimum Gasteiger partial charge on any atom is -0.464 e. The first-order valence-corrected chi connectivity index (χ1v) is 6.55. The zero-order chi connectivity index (χ0) is 18.2. The molecule has 0 amide bonds. The van der Waals surface area contributed by atoms with E-state index in [-0.39, 0.29) is 11.3 Å². The fourth-order valence-electron chi connectivity index (χ4n) is 2.02. The Kier molecular flexibility index (Phi) is 4.44. The number of halogens is 5. The van der Waals surface area contributed by atoms with Crippen LogP contribution in [0.2, 0.25) is 5.02 Å². The average molecular weight is 362 g/mol. The number of nitriles is 1. The maximum atomic E-state index is 14.3. The lowest BCUT2D eigenvalue weighted by atomic mass is 10.1. The van der Waals surface area contributed by atoms with Crippen LogP contribution in [0.5, 0.6) is 0 Å². The molecule has 0 aliphatic carbocycles. The van der Waals surface area contributed by atoms with E-state index in [2.05, 4.69) is 4.74 Å². The smallest absolute Gasteiger partial charge is 0.416 e. The predicted octanol–water partition coefficient (Wildman–Crippen LogP) is 3.53. The molecular formula is C14H8ClF4N3O2. The van der Waals surface area contributed by atoms with E-state index in [0.29, 0.717) is 16.7 Å². The number of methoxy groups -OCH3 is 1. The summed E-state index contributed by atoms with van der Waals surface area (Å²) < 4.78 is 58.2. The fraction of sp³-hybridized carbons (Fsp3) is 0.143. The van der Waals surface area contributed by atoms with E-state index in [1.165, 1.54) is 0 Å². The fourth-order valence-corrected chi connectivity index (χ4v) is 2.23. The summed E-state index contributed by atoms with van der Waals surface area (Å²) in [4.78, 5) is 11.8. The van der Waals surface area contributed by atoms with Crippen LogP contribution in [0.15, 0.2) is 18.3 Å². The normalized spacial score (nSPS) is 11.2. The standard InChI is InChI=1S/C14H8ClF4N3O2/c1-24-13(23)12-11(21)6(4-20)5-22(12)9-3-7(14(17,18)19)2-8(15)10(9)16/h2-3,5H,21H2,1H3. The van der Waals surface area contributed by atoms with Crippen LogP contribution in [0.1, 0.15) is 21.6 Å². The summed E-state index contributed by atoms with van der Waals surface area (Å²) in [5, 5.41) is 8.17. The molecule has 1 aromatic carbocycles. The molecular weight excluding hydrogens is 354 g/mol. The highest BCUT2D eigenvalue weighted by atomic mass is 35.5. The average Bonchev–Trinajstić information content (AvgIpc) is 2.84. The Balaban J connectivity index is 2.84. The summed E-state index contributed by atoms with van der Waals surface area (Å²) in [5.74, 6) is -2.27. The summed E-state index contributed by atoms with van der Waals surface area (Å²) in [5.41, 5.74) is 2.63. The first-order chi connectivity index (χ1) is 11.1. The van der Waals surface area contributed by atoms with Gasteiger partial charge in [-0.25, -0.2) is 9.18 Å². The molecule has 2 aromatic rings. The molecule has 10 heteroatoms. The van der Waals surface area contributed by atoms with Gasteiger partial charge >= 0.3 is 12.1 Å². The topological polar surface area (TPSA) is 81.0 Å². The number of ether oxygens (including phenoxy) is 1. The maximum absolute atomic E-state index is 14.3. The van der Waals surface area contributed by atoms with Gasteiger partial charge in [0.15, 0.2) is 11.5 Å². The van der Waals surface area contributed by atoms with Crippen molar-refractivity contribution in [3.8, 4) is 11.8 Å². The number of nitrogens with two attached hydrogens (primary N) is 1. The van der Waals surface area contributed by atoms with Gasteiger partial charge in [-0.3, -0.25) is 0 Å². The molecule has 0 bridgehead atoms. The second kappa shape index (κ2) is 6.05. The zero-order valence-electron chi connectivity index (χ0n) is 11.9. The van der Waals surface area contributed by atoms with Crippen molar-refractivity contribution in [1.82, 2.24) is 4.57 Å². The predicted molar refractivity (Wildman–Crippen MR) is 76.2 cm³/mol. The molecule has 0 spiro atoms. The Bertz CT molecular complexity index is 868. The van der Waals surface area contributed by atoms with E-state index in [1.54, 1.807) is 6.07 Å². The molecule has 0 atom stereocenters. The highest BCUT2D eigenvalue weighted by molar-refractivity contribution is 6.31. The van der Waals surface area contributed by atoms with Crippen LogP contribution in [0, 0.1) is 17.1 Å². The van der Waals surface area contributed by atoms with Crippen LogP contribution in [0.4, 0.5) is 23.2 Å². The lowest BCUT2D eigenvalue weighted by Crippen LogP contribution is -2.13. The number of benzene rings is 1. The van der Waals surface area contributed by atoms with Crippen LogP contribution >= 0.6 is 11.6 Å². The molecule has 5 nitrogen and oxygen atoms in total. The highest BCUT2D eigenvalue weighted by Gasteiger charge is 2.33. The van der Waals surface area contributed by atoms with Gasteiger partial charge in [0.05, 0.1) is 34.6 Å². The van der Waals surface area contributed by atoms with E-state index in [4.69, 9.17) is 22.6 Å². The number of nitrogens with zero attached hydrogens (tertiary/aromatic N) is 2. The van der Waals surface area contributed by atoms with Crippen LogP contribution < -0.4 is 5.73 Å². The van der Waals surface area contributed by atoms with Gasteiger partial charge in [0.1, 0.15) is 6.07 Å². The maximum Gasteiger partial charge on any atom is 0.416 e. The van der Waals surface area contributed by atoms with Gasteiger partial charge in [0.2, 0.25) is 0 Å². The molecule has 1 heterocycles. The number of anilines is 1. The number of hydrogen-bond donors (Lipinski definition) is 1. The van der Waals surface area contributed by atoms with Crippen molar-refractivity contribution in [2.24, 2.45) is 0 Å². The molecule has 0 saturated carbocycles. The number of hydrogen-bond acceptors (Lipinski definition) is 4. The van der Waals surface area contributed by atoms with Crippen LogP contribution in [0.3, 0.4) is 0 Å². The third-order valence-corrected chi connectivity index (χ3v) is 3.41. The lowest BCUT2D eigenvalue weighted by molar-refractivity contribution is -0.137. The summed E-state index contributed by atoms with van der Waals surface area (Å²) in [6, 6.07) is 2.52. The SMILES string of the molecule is COC(=O)c1c(N)c(C#N)cn1-c1cc(C(F)(F)F)cc(Cl)c1F. The Morgan fingerprint density at radius 1 is 1.42 bits per heavy atom. The van der Waals surface area contributed by atoms with Gasteiger partial charge in [-0.1, -0.05) is 11.6 Å². The van der Waals surface area contributed by atoms with Crippen LogP contribution in [-0.2, 0) is 10.9 Å². The van der Waals surface area contributed by atoms with Crippen molar-refractivity contribution >= 4 is 23.3 Å². The Labute approximate surface area is 137 Å². The molecule has 1 aromatic heterocycles. The monoisotopic (exact) mass is 361 g/mol. The number of rotatable bonds is 2. The number of esters is 1. The molecule has 0 unspecified atom stereocenters. The van der Waals surface area contributed by atoms with Crippen molar-refractivity contribution in [3.05, 3.63) is 46.0 Å². The van der Waals surface area contributed by atoms with Crippen LogP contribution in [-0.4, -0.2) is 17.6 Å². The largest absolute Gasteiger partial charge is 0.464 e. The summed E-state index contributed by atoms with van der Waals surface area (Å²) in [6.07, 6.45) is -3.87. The molecule has 0 aliphatic heterocycles. The third-order valence-electron chi connectivity index (χ3n) is 3.14.